The van der Waals surface area contributed by atoms with Crippen LogP contribution < -0.4 is 15.2 Å². The molecule has 6 heteroatoms. The lowest BCUT2D eigenvalue weighted by Crippen LogP contribution is -2.30. The molecule has 1 aromatic rings. The minimum atomic E-state index is -0.898. The van der Waals surface area contributed by atoms with Gasteiger partial charge in [-0.1, -0.05) is 0 Å². The molecule has 0 spiro atoms. The van der Waals surface area contributed by atoms with Gasteiger partial charge in [-0.05, 0) is 37.6 Å². The summed E-state index contributed by atoms with van der Waals surface area (Å²) in [6.45, 7) is 1.82. The highest BCUT2D eigenvalue weighted by molar-refractivity contribution is 5.81. The minimum Gasteiger partial charge on any atom is -0.497 e. The van der Waals surface area contributed by atoms with E-state index in [2.05, 4.69) is 0 Å². The zero-order valence-electron chi connectivity index (χ0n) is 11.6. The lowest BCUT2D eigenvalue weighted by atomic mass is 10.3. The Hall–Kier alpha value is -2.24. The summed E-state index contributed by atoms with van der Waals surface area (Å²) >= 11 is 0. The van der Waals surface area contributed by atoms with Gasteiger partial charge in [-0.2, -0.15) is 0 Å². The van der Waals surface area contributed by atoms with Gasteiger partial charge in [-0.25, -0.2) is 0 Å². The molecule has 1 amide bonds. The van der Waals surface area contributed by atoms with Crippen LogP contribution in [0.15, 0.2) is 24.3 Å². The zero-order chi connectivity index (χ0) is 15.0. The van der Waals surface area contributed by atoms with Gasteiger partial charge in [0, 0.05) is 6.42 Å². The van der Waals surface area contributed by atoms with Crippen LogP contribution in [0.1, 0.15) is 19.8 Å². The number of ether oxygens (including phenoxy) is 3. The van der Waals surface area contributed by atoms with Crippen molar-refractivity contribution in [3.8, 4) is 11.5 Å². The first-order valence-corrected chi connectivity index (χ1v) is 6.28. The minimum absolute atomic E-state index is 0.174. The number of carbonyl (C=O) groups excluding carboxylic acids is 2. The molecule has 0 aliphatic carbocycles. The van der Waals surface area contributed by atoms with Gasteiger partial charge >= 0.3 is 5.97 Å². The molecule has 0 fully saturated rings. The summed E-state index contributed by atoms with van der Waals surface area (Å²) in [4.78, 5) is 22.1. The van der Waals surface area contributed by atoms with Crippen molar-refractivity contribution in [2.45, 2.75) is 25.9 Å². The van der Waals surface area contributed by atoms with Crippen LogP contribution in [-0.2, 0) is 14.3 Å². The van der Waals surface area contributed by atoms with Crippen molar-refractivity contribution in [3.05, 3.63) is 24.3 Å². The number of amides is 1. The molecule has 0 saturated heterocycles. The van der Waals surface area contributed by atoms with E-state index >= 15 is 0 Å². The molecule has 0 aromatic heterocycles. The van der Waals surface area contributed by atoms with E-state index in [0.717, 1.165) is 5.75 Å². The van der Waals surface area contributed by atoms with Crippen LogP contribution in [0, 0.1) is 0 Å². The number of esters is 1. The van der Waals surface area contributed by atoms with Crippen molar-refractivity contribution in [1.82, 2.24) is 0 Å². The topological polar surface area (TPSA) is 87.8 Å². The smallest absolute Gasteiger partial charge is 0.306 e. The molecule has 0 bridgehead atoms. The van der Waals surface area contributed by atoms with Crippen molar-refractivity contribution in [3.63, 3.8) is 0 Å². The average molecular weight is 281 g/mol. The zero-order valence-corrected chi connectivity index (χ0v) is 11.6. The molecule has 1 aromatic carbocycles. The lowest BCUT2D eigenvalue weighted by molar-refractivity contribution is -0.153. The first kappa shape index (κ1) is 15.8. The Bertz CT molecular complexity index is 443. The molecule has 0 radical (unpaired) electrons. The Balaban J connectivity index is 2.20. The third-order valence-electron chi connectivity index (χ3n) is 2.56. The van der Waals surface area contributed by atoms with Crippen LogP contribution in [0.25, 0.3) is 0 Å². The Kier molecular flexibility index (Phi) is 6.36. The Morgan fingerprint density at radius 3 is 2.35 bits per heavy atom. The van der Waals surface area contributed by atoms with E-state index < -0.39 is 18.0 Å². The van der Waals surface area contributed by atoms with Crippen LogP contribution >= 0.6 is 0 Å². The molecule has 0 aliphatic heterocycles. The van der Waals surface area contributed by atoms with Crippen LogP contribution in [0.3, 0.4) is 0 Å². The second kappa shape index (κ2) is 8.04. The summed E-state index contributed by atoms with van der Waals surface area (Å²) in [5.74, 6) is 0.327. The molecule has 0 aliphatic rings. The first-order chi connectivity index (χ1) is 9.52. The Labute approximate surface area is 117 Å². The van der Waals surface area contributed by atoms with E-state index in [4.69, 9.17) is 19.9 Å². The van der Waals surface area contributed by atoms with Crippen LogP contribution in [0.4, 0.5) is 0 Å². The van der Waals surface area contributed by atoms with Gasteiger partial charge in [-0.3, -0.25) is 9.59 Å². The Morgan fingerprint density at radius 2 is 1.80 bits per heavy atom. The quantitative estimate of drug-likeness (QED) is 0.572. The molecule has 1 rings (SSSR count). The molecule has 110 valence electrons. The standard InChI is InChI=1S/C14H19NO5/c1-10(14(15)17)20-13(16)4-3-9-19-12-7-5-11(18-2)6-8-12/h5-8,10H,3-4,9H2,1-2H3,(H2,15,17)/t10-/m0/s1. The van der Waals surface area contributed by atoms with E-state index in [-0.39, 0.29) is 6.42 Å². The van der Waals surface area contributed by atoms with Crippen molar-refractivity contribution in [2.75, 3.05) is 13.7 Å². The van der Waals surface area contributed by atoms with Gasteiger partial charge in [0.05, 0.1) is 13.7 Å². The number of hydrogen-bond acceptors (Lipinski definition) is 5. The maximum absolute atomic E-state index is 11.4. The summed E-state index contributed by atoms with van der Waals surface area (Å²) in [6, 6.07) is 7.15. The van der Waals surface area contributed by atoms with Crippen molar-refractivity contribution in [2.24, 2.45) is 5.73 Å². The molecular formula is C14H19NO5. The van der Waals surface area contributed by atoms with Crippen molar-refractivity contribution >= 4 is 11.9 Å². The van der Waals surface area contributed by atoms with E-state index in [9.17, 15) is 9.59 Å². The van der Waals surface area contributed by atoms with E-state index in [1.165, 1.54) is 6.92 Å². The van der Waals surface area contributed by atoms with Crippen LogP contribution in [0.5, 0.6) is 11.5 Å². The van der Waals surface area contributed by atoms with Gasteiger partial charge < -0.3 is 19.9 Å². The summed E-state index contributed by atoms with van der Waals surface area (Å²) in [5.41, 5.74) is 4.99. The number of primary amides is 1. The first-order valence-electron chi connectivity index (χ1n) is 6.28. The van der Waals surface area contributed by atoms with Gasteiger partial charge in [-0.15, -0.1) is 0 Å². The normalized spacial score (nSPS) is 11.5. The predicted molar refractivity (Wildman–Crippen MR) is 72.5 cm³/mol. The highest BCUT2D eigenvalue weighted by atomic mass is 16.5. The number of hydrogen-bond donors (Lipinski definition) is 1. The highest BCUT2D eigenvalue weighted by Crippen LogP contribution is 2.17. The van der Waals surface area contributed by atoms with E-state index in [1.807, 2.05) is 0 Å². The third-order valence-corrected chi connectivity index (χ3v) is 2.56. The number of carbonyl (C=O) groups is 2. The van der Waals surface area contributed by atoms with Crippen LogP contribution in [0.2, 0.25) is 0 Å². The van der Waals surface area contributed by atoms with Gasteiger partial charge in [0.15, 0.2) is 6.10 Å². The highest BCUT2D eigenvalue weighted by Gasteiger charge is 2.13. The number of benzene rings is 1. The predicted octanol–water partition coefficient (Wildman–Crippen LogP) is 1.27. The maximum atomic E-state index is 11.4. The second-order valence-corrected chi connectivity index (χ2v) is 4.16. The third kappa shape index (κ3) is 5.60. The molecule has 20 heavy (non-hydrogen) atoms. The fraction of sp³-hybridized carbons (Fsp3) is 0.429. The molecule has 0 unspecified atom stereocenters. The number of nitrogens with two attached hydrogens (primary N) is 1. The summed E-state index contributed by atoms with van der Waals surface area (Å²) in [7, 11) is 1.59. The SMILES string of the molecule is COc1ccc(OCCCC(=O)O[C@@H](C)C(N)=O)cc1. The maximum Gasteiger partial charge on any atom is 0.306 e. The molecule has 2 N–H and O–H groups in total. The van der Waals surface area contributed by atoms with Gasteiger partial charge in [0.1, 0.15) is 11.5 Å². The van der Waals surface area contributed by atoms with Gasteiger partial charge in [0.25, 0.3) is 5.91 Å². The summed E-state index contributed by atoms with van der Waals surface area (Å²) < 4.78 is 15.3. The van der Waals surface area contributed by atoms with Crippen molar-refractivity contribution in [1.29, 1.82) is 0 Å². The van der Waals surface area contributed by atoms with Crippen molar-refractivity contribution < 1.29 is 23.8 Å². The molecule has 0 heterocycles. The molecule has 1 atom stereocenters. The van der Waals surface area contributed by atoms with E-state index in [0.29, 0.717) is 18.8 Å². The Morgan fingerprint density at radius 1 is 1.20 bits per heavy atom. The van der Waals surface area contributed by atoms with Gasteiger partial charge in [0.2, 0.25) is 0 Å². The molecule has 0 saturated carbocycles. The number of methoxy groups -OCH3 is 1. The summed E-state index contributed by atoms with van der Waals surface area (Å²) in [5, 5.41) is 0. The fourth-order valence-electron chi connectivity index (χ4n) is 1.39. The lowest BCUT2D eigenvalue weighted by Gasteiger charge is -2.10. The average Bonchev–Trinajstić information content (AvgIpc) is 2.44. The fourth-order valence-corrected chi connectivity index (χ4v) is 1.39. The van der Waals surface area contributed by atoms with Crippen LogP contribution in [-0.4, -0.2) is 31.7 Å². The largest absolute Gasteiger partial charge is 0.497 e. The molecule has 6 nitrogen and oxygen atoms in total. The molecular weight excluding hydrogens is 262 g/mol. The number of rotatable bonds is 8. The summed E-state index contributed by atoms with van der Waals surface area (Å²) in [6.07, 6.45) is -0.227. The monoisotopic (exact) mass is 281 g/mol. The second-order valence-electron chi connectivity index (χ2n) is 4.16. The van der Waals surface area contributed by atoms with E-state index in [1.54, 1.807) is 31.4 Å².